The zero-order valence-corrected chi connectivity index (χ0v) is 25.4. The molecule has 3 heteroatoms. The predicted octanol–water partition coefficient (Wildman–Crippen LogP) is 10.3. The van der Waals surface area contributed by atoms with Crippen LogP contribution in [-0.4, -0.2) is 37.6 Å². The molecule has 0 spiro atoms. The highest BCUT2D eigenvalue weighted by Crippen LogP contribution is 2.15. The molecule has 3 nitrogen and oxygen atoms in total. The smallest absolute Gasteiger partial charge is 0.104 e. The molecule has 36 heavy (non-hydrogen) atoms. The normalized spacial score (nSPS) is 12.8. The Morgan fingerprint density at radius 2 is 0.778 bits per heavy atom. The molecule has 0 heterocycles. The van der Waals surface area contributed by atoms with Crippen LogP contribution in [0.5, 0.6) is 0 Å². The Morgan fingerprint density at radius 3 is 1.14 bits per heavy atom. The Labute approximate surface area is 227 Å². The second kappa shape index (κ2) is 29.4. The van der Waals surface area contributed by atoms with Gasteiger partial charge in [-0.2, -0.15) is 0 Å². The van der Waals surface area contributed by atoms with E-state index in [2.05, 4.69) is 27.7 Å². The maximum atomic E-state index is 9.54. The Morgan fingerprint density at radius 1 is 0.444 bits per heavy atom. The van der Waals surface area contributed by atoms with Crippen molar-refractivity contribution in [2.75, 3.05) is 26.4 Å². The highest BCUT2D eigenvalue weighted by molar-refractivity contribution is 4.56. The zero-order chi connectivity index (χ0) is 26.5. The lowest BCUT2D eigenvalue weighted by Crippen LogP contribution is -2.24. The van der Waals surface area contributed by atoms with E-state index in [1.807, 2.05) is 0 Å². The number of aliphatic hydroxyl groups is 1. The van der Waals surface area contributed by atoms with E-state index >= 15 is 0 Å². The summed E-state index contributed by atoms with van der Waals surface area (Å²) < 4.78 is 11.6. The van der Waals surface area contributed by atoms with Gasteiger partial charge in [-0.15, -0.1) is 0 Å². The maximum Gasteiger partial charge on any atom is 0.104 e. The molecule has 218 valence electrons. The van der Waals surface area contributed by atoms with Crippen LogP contribution < -0.4 is 0 Å². The van der Waals surface area contributed by atoms with Crippen LogP contribution in [0.25, 0.3) is 0 Å². The quantitative estimate of drug-likeness (QED) is 0.0973. The summed E-state index contributed by atoms with van der Waals surface area (Å²) in [6.45, 7) is 11.4. The van der Waals surface area contributed by atoms with Gasteiger partial charge in [-0.05, 0) is 24.7 Å². The maximum absolute atomic E-state index is 9.54. The van der Waals surface area contributed by atoms with Crippen molar-refractivity contribution < 1.29 is 14.6 Å². The van der Waals surface area contributed by atoms with Crippen LogP contribution in [0.1, 0.15) is 169 Å². The Bertz CT molecular complexity index is 396. The fourth-order valence-electron chi connectivity index (χ4n) is 4.86. The van der Waals surface area contributed by atoms with Gasteiger partial charge in [0.2, 0.25) is 0 Å². The first kappa shape index (κ1) is 35.9. The fraction of sp³-hybridized carbons (Fsp3) is 1.00. The summed E-state index contributed by atoms with van der Waals surface area (Å²) in [4.78, 5) is 0. The van der Waals surface area contributed by atoms with E-state index < -0.39 is 0 Å². The molecular formula is C33H68O3. The van der Waals surface area contributed by atoms with Gasteiger partial charge in [0.25, 0.3) is 0 Å². The summed E-state index contributed by atoms with van der Waals surface area (Å²) >= 11 is 0. The molecule has 0 aromatic heterocycles. The fourth-order valence-corrected chi connectivity index (χ4v) is 4.86. The Balaban J connectivity index is 3.28. The molecule has 0 saturated heterocycles. The van der Waals surface area contributed by atoms with Crippen molar-refractivity contribution in [3.63, 3.8) is 0 Å². The topological polar surface area (TPSA) is 38.7 Å². The first-order valence-corrected chi connectivity index (χ1v) is 16.4. The van der Waals surface area contributed by atoms with Crippen LogP contribution in [0.2, 0.25) is 0 Å². The molecule has 0 rings (SSSR count). The minimum atomic E-state index is -0.152. The van der Waals surface area contributed by atoms with Crippen molar-refractivity contribution in [1.82, 2.24) is 0 Å². The molecule has 0 aliphatic heterocycles. The van der Waals surface area contributed by atoms with Gasteiger partial charge in [0.1, 0.15) is 6.10 Å². The Kier molecular flexibility index (Phi) is 29.3. The van der Waals surface area contributed by atoms with Crippen molar-refractivity contribution in [2.24, 2.45) is 11.8 Å². The lowest BCUT2D eigenvalue weighted by atomic mass is 10.0. The molecule has 0 aliphatic rings. The SMILES string of the molecule is CC(C)CCCCCCCCCCCCOC[C@H](CO)OCCCCCCCCCCCCC(C)C. The molecular weight excluding hydrogens is 444 g/mol. The molecule has 1 atom stereocenters. The molecule has 0 bridgehead atoms. The predicted molar refractivity (Wildman–Crippen MR) is 159 cm³/mol. The van der Waals surface area contributed by atoms with Gasteiger partial charge in [0.15, 0.2) is 0 Å². The average molecular weight is 513 g/mol. The lowest BCUT2D eigenvalue weighted by Gasteiger charge is -2.15. The van der Waals surface area contributed by atoms with E-state index in [1.165, 1.54) is 128 Å². The van der Waals surface area contributed by atoms with Gasteiger partial charge in [-0.1, -0.05) is 156 Å². The summed E-state index contributed by atoms with van der Waals surface area (Å²) in [6, 6.07) is 0. The van der Waals surface area contributed by atoms with E-state index in [9.17, 15) is 5.11 Å². The first-order chi connectivity index (χ1) is 17.6. The van der Waals surface area contributed by atoms with E-state index in [4.69, 9.17) is 9.47 Å². The van der Waals surface area contributed by atoms with Crippen LogP contribution in [-0.2, 0) is 9.47 Å². The summed E-state index contributed by atoms with van der Waals surface area (Å²) in [6.07, 6.45) is 29.7. The minimum Gasteiger partial charge on any atom is -0.394 e. The highest BCUT2D eigenvalue weighted by Gasteiger charge is 2.07. The molecule has 0 aromatic rings. The number of rotatable bonds is 30. The largest absolute Gasteiger partial charge is 0.394 e. The number of ether oxygens (including phenoxy) is 2. The van der Waals surface area contributed by atoms with Crippen LogP contribution in [0.15, 0.2) is 0 Å². The monoisotopic (exact) mass is 513 g/mol. The number of unbranched alkanes of at least 4 members (excludes halogenated alkanes) is 18. The molecule has 0 radical (unpaired) electrons. The van der Waals surface area contributed by atoms with E-state index in [1.54, 1.807) is 0 Å². The standard InChI is InChI=1S/C33H68O3/c1-31(2)25-21-17-13-9-5-7-11-15-19-23-27-35-30-33(29-34)36-28-24-20-16-12-8-6-10-14-18-22-26-32(3)4/h31-34H,5-30H2,1-4H3/t33-/m0/s1. The first-order valence-electron chi connectivity index (χ1n) is 16.4. The van der Waals surface area contributed by atoms with Crippen molar-refractivity contribution in [3.05, 3.63) is 0 Å². The number of hydrogen-bond donors (Lipinski definition) is 1. The van der Waals surface area contributed by atoms with Crippen molar-refractivity contribution in [1.29, 1.82) is 0 Å². The van der Waals surface area contributed by atoms with Gasteiger partial charge < -0.3 is 14.6 Å². The number of hydrogen-bond acceptors (Lipinski definition) is 3. The summed E-state index contributed by atoms with van der Waals surface area (Å²) in [5, 5.41) is 9.54. The van der Waals surface area contributed by atoms with Gasteiger partial charge >= 0.3 is 0 Å². The molecule has 1 N–H and O–H groups in total. The van der Waals surface area contributed by atoms with Crippen LogP contribution in [0.3, 0.4) is 0 Å². The van der Waals surface area contributed by atoms with E-state index in [-0.39, 0.29) is 12.7 Å². The second-order valence-corrected chi connectivity index (χ2v) is 12.2. The van der Waals surface area contributed by atoms with Crippen molar-refractivity contribution in [2.45, 2.75) is 175 Å². The van der Waals surface area contributed by atoms with Crippen LogP contribution >= 0.6 is 0 Å². The van der Waals surface area contributed by atoms with Crippen molar-refractivity contribution in [3.8, 4) is 0 Å². The molecule has 0 aromatic carbocycles. The number of aliphatic hydroxyl groups excluding tert-OH is 1. The van der Waals surface area contributed by atoms with E-state index in [0.717, 1.165) is 37.9 Å². The average Bonchev–Trinajstić information content (AvgIpc) is 2.85. The van der Waals surface area contributed by atoms with Gasteiger partial charge in [-0.25, -0.2) is 0 Å². The zero-order valence-electron chi connectivity index (χ0n) is 25.4. The molecule has 0 amide bonds. The summed E-state index contributed by atoms with van der Waals surface area (Å²) in [5.41, 5.74) is 0. The van der Waals surface area contributed by atoms with Gasteiger partial charge in [0, 0.05) is 13.2 Å². The van der Waals surface area contributed by atoms with Gasteiger partial charge in [-0.3, -0.25) is 0 Å². The van der Waals surface area contributed by atoms with Crippen LogP contribution in [0, 0.1) is 11.8 Å². The minimum absolute atomic E-state index is 0.0641. The third-order valence-electron chi connectivity index (χ3n) is 7.36. The van der Waals surface area contributed by atoms with Crippen LogP contribution in [0.4, 0.5) is 0 Å². The third kappa shape index (κ3) is 30.1. The van der Waals surface area contributed by atoms with E-state index in [0.29, 0.717) is 6.61 Å². The highest BCUT2D eigenvalue weighted by atomic mass is 16.5. The molecule has 0 aliphatic carbocycles. The molecule has 0 fully saturated rings. The van der Waals surface area contributed by atoms with Gasteiger partial charge in [0.05, 0.1) is 13.2 Å². The van der Waals surface area contributed by atoms with Crippen molar-refractivity contribution >= 4 is 0 Å². The third-order valence-corrected chi connectivity index (χ3v) is 7.36. The lowest BCUT2D eigenvalue weighted by molar-refractivity contribution is -0.0437. The molecule has 0 unspecified atom stereocenters. The summed E-state index contributed by atoms with van der Waals surface area (Å²) in [7, 11) is 0. The molecule has 0 saturated carbocycles. The Hall–Kier alpha value is -0.120. The second-order valence-electron chi connectivity index (χ2n) is 12.2. The summed E-state index contributed by atoms with van der Waals surface area (Å²) in [5.74, 6) is 1.73.